The topological polar surface area (TPSA) is 73.6 Å². The number of rotatable bonds is 4. The number of pyridine rings is 1. The summed E-state index contributed by atoms with van der Waals surface area (Å²) in [6.07, 6.45) is 4.71. The molecule has 0 amide bonds. The molecule has 0 bridgehead atoms. The summed E-state index contributed by atoms with van der Waals surface area (Å²) in [5.74, 6) is 0.834. The first kappa shape index (κ1) is 13.2. The van der Waals surface area contributed by atoms with Crippen LogP contribution in [0.15, 0.2) is 42.9 Å². The summed E-state index contributed by atoms with van der Waals surface area (Å²) < 4.78 is 12.8. The van der Waals surface area contributed by atoms with Gasteiger partial charge in [-0.15, -0.1) is 0 Å². The molecular weight excluding hydrogens is 282 g/mol. The van der Waals surface area contributed by atoms with Crippen LogP contribution < -0.4 is 5.32 Å². The van der Waals surface area contributed by atoms with Crippen LogP contribution in [0.1, 0.15) is 24.5 Å². The molecule has 0 atom stereocenters. The Morgan fingerprint density at radius 1 is 1.27 bits per heavy atom. The Balaban J connectivity index is 1.62. The molecular formula is C15H15N5O2. The molecule has 1 aliphatic rings. The third kappa shape index (κ3) is 2.40. The Morgan fingerprint density at radius 3 is 2.95 bits per heavy atom. The normalized spacial score (nSPS) is 20.8. The first-order chi connectivity index (χ1) is 10.8. The zero-order valence-corrected chi connectivity index (χ0v) is 12.0. The van der Waals surface area contributed by atoms with Crippen LogP contribution in [0.3, 0.4) is 0 Å². The zero-order valence-electron chi connectivity index (χ0n) is 12.0. The van der Waals surface area contributed by atoms with Crippen molar-refractivity contribution in [3.63, 3.8) is 0 Å². The summed E-state index contributed by atoms with van der Waals surface area (Å²) >= 11 is 0. The molecule has 0 spiro atoms. The van der Waals surface area contributed by atoms with E-state index in [0.29, 0.717) is 6.54 Å². The molecule has 1 N–H and O–H groups in total. The van der Waals surface area contributed by atoms with E-state index in [1.54, 1.807) is 16.9 Å². The average Bonchev–Trinajstić information content (AvgIpc) is 2.99. The fourth-order valence-corrected chi connectivity index (χ4v) is 2.37. The molecule has 0 unspecified atom stereocenters. The van der Waals surface area contributed by atoms with Crippen molar-refractivity contribution in [2.24, 2.45) is 0 Å². The lowest BCUT2D eigenvalue weighted by Crippen LogP contribution is -2.32. The highest BCUT2D eigenvalue weighted by Gasteiger charge is 2.30. The minimum Gasteiger partial charge on any atom is -0.366 e. The first-order valence-electron chi connectivity index (χ1n) is 7.08. The standard InChI is InChI=1S/C15H15N5O2/c1-10-21-15(22-10)12-7-14(20-13(19-12)4-6-18-20)17-9-11-3-2-5-16-8-11/h2-8,10,15,17H,9H2,1H3. The molecule has 0 radical (unpaired) electrons. The molecule has 0 aliphatic carbocycles. The molecule has 22 heavy (non-hydrogen) atoms. The lowest BCUT2D eigenvalue weighted by molar-refractivity contribution is -0.383. The van der Waals surface area contributed by atoms with Crippen molar-refractivity contribution in [3.05, 3.63) is 54.1 Å². The molecule has 0 aromatic carbocycles. The van der Waals surface area contributed by atoms with E-state index < -0.39 is 6.29 Å². The van der Waals surface area contributed by atoms with Gasteiger partial charge in [0, 0.05) is 31.1 Å². The largest absolute Gasteiger partial charge is 0.366 e. The quantitative estimate of drug-likeness (QED) is 0.795. The number of hydrogen-bond donors (Lipinski definition) is 1. The molecule has 3 aromatic rings. The summed E-state index contributed by atoms with van der Waals surface area (Å²) in [6, 6.07) is 7.67. The van der Waals surface area contributed by atoms with Crippen LogP contribution in [0.5, 0.6) is 0 Å². The molecule has 4 rings (SSSR count). The maximum absolute atomic E-state index is 5.52. The van der Waals surface area contributed by atoms with Crippen LogP contribution in [0.25, 0.3) is 5.65 Å². The summed E-state index contributed by atoms with van der Waals surface area (Å²) in [6.45, 7) is 2.50. The van der Waals surface area contributed by atoms with Gasteiger partial charge in [0.05, 0.1) is 6.20 Å². The van der Waals surface area contributed by atoms with E-state index >= 15 is 0 Å². The number of nitrogens with zero attached hydrogens (tertiary/aromatic N) is 4. The van der Waals surface area contributed by atoms with Gasteiger partial charge in [0.25, 0.3) is 0 Å². The Kier molecular flexibility index (Phi) is 3.21. The third-order valence-corrected chi connectivity index (χ3v) is 3.45. The minimum atomic E-state index is -0.408. The van der Waals surface area contributed by atoms with Gasteiger partial charge in [-0.05, 0) is 18.6 Å². The van der Waals surface area contributed by atoms with E-state index in [0.717, 1.165) is 22.7 Å². The summed E-state index contributed by atoms with van der Waals surface area (Å²) in [5, 5.41) is 7.64. The molecule has 112 valence electrons. The molecule has 3 aromatic heterocycles. The van der Waals surface area contributed by atoms with Crippen molar-refractivity contribution in [1.29, 1.82) is 0 Å². The number of ether oxygens (including phenoxy) is 2. The first-order valence-corrected chi connectivity index (χ1v) is 7.08. The van der Waals surface area contributed by atoms with Gasteiger partial charge in [0.1, 0.15) is 11.5 Å². The summed E-state index contributed by atoms with van der Waals surface area (Å²) in [4.78, 5) is 8.62. The van der Waals surface area contributed by atoms with E-state index in [4.69, 9.17) is 9.47 Å². The lowest BCUT2D eigenvalue weighted by atomic mass is 10.3. The van der Waals surface area contributed by atoms with Crippen LogP contribution in [-0.4, -0.2) is 25.9 Å². The predicted octanol–water partition coefficient (Wildman–Crippen LogP) is 2.13. The number of fused-ring (bicyclic) bond motifs is 1. The van der Waals surface area contributed by atoms with Crippen molar-refractivity contribution in [3.8, 4) is 0 Å². The van der Waals surface area contributed by atoms with Gasteiger partial charge >= 0.3 is 0 Å². The van der Waals surface area contributed by atoms with Crippen molar-refractivity contribution in [2.45, 2.75) is 26.0 Å². The second-order valence-electron chi connectivity index (χ2n) is 5.05. The molecule has 0 saturated carbocycles. The SMILES string of the molecule is CC1OC(c2cc(NCc3cccnc3)n3nccc3n2)O1. The Labute approximate surface area is 126 Å². The van der Waals surface area contributed by atoms with Gasteiger partial charge in [-0.25, -0.2) is 4.98 Å². The summed E-state index contributed by atoms with van der Waals surface area (Å²) in [5.41, 5.74) is 2.57. The molecule has 1 aliphatic heterocycles. The van der Waals surface area contributed by atoms with Crippen molar-refractivity contribution < 1.29 is 9.47 Å². The Hall–Kier alpha value is -2.51. The monoisotopic (exact) mass is 297 g/mol. The van der Waals surface area contributed by atoms with Crippen LogP contribution in [0.2, 0.25) is 0 Å². The minimum absolute atomic E-state index is 0.181. The maximum Gasteiger partial charge on any atom is 0.206 e. The van der Waals surface area contributed by atoms with E-state index in [2.05, 4.69) is 20.4 Å². The highest BCUT2D eigenvalue weighted by molar-refractivity contribution is 5.49. The molecule has 7 nitrogen and oxygen atoms in total. The van der Waals surface area contributed by atoms with Gasteiger partial charge in [-0.3, -0.25) is 4.98 Å². The van der Waals surface area contributed by atoms with E-state index in [9.17, 15) is 0 Å². The van der Waals surface area contributed by atoms with Gasteiger partial charge in [0.2, 0.25) is 6.29 Å². The number of anilines is 1. The third-order valence-electron chi connectivity index (χ3n) is 3.45. The van der Waals surface area contributed by atoms with Crippen LogP contribution in [-0.2, 0) is 16.0 Å². The van der Waals surface area contributed by atoms with Gasteiger partial charge in [-0.1, -0.05) is 6.07 Å². The summed E-state index contributed by atoms with van der Waals surface area (Å²) in [7, 11) is 0. The van der Waals surface area contributed by atoms with E-state index in [1.807, 2.05) is 37.4 Å². The number of hydrogen-bond acceptors (Lipinski definition) is 6. The van der Waals surface area contributed by atoms with Gasteiger partial charge in [-0.2, -0.15) is 9.61 Å². The van der Waals surface area contributed by atoms with E-state index in [-0.39, 0.29) is 6.29 Å². The lowest BCUT2D eigenvalue weighted by Gasteiger charge is -2.33. The Morgan fingerprint density at radius 2 is 2.18 bits per heavy atom. The highest BCUT2D eigenvalue weighted by atomic mass is 16.9. The van der Waals surface area contributed by atoms with Crippen LogP contribution in [0.4, 0.5) is 5.82 Å². The van der Waals surface area contributed by atoms with Crippen molar-refractivity contribution in [2.75, 3.05) is 5.32 Å². The number of nitrogens with one attached hydrogen (secondary N) is 1. The van der Waals surface area contributed by atoms with E-state index in [1.165, 1.54) is 0 Å². The number of aromatic nitrogens is 4. The van der Waals surface area contributed by atoms with Gasteiger partial charge in [0.15, 0.2) is 11.9 Å². The maximum atomic E-state index is 5.52. The molecule has 4 heterocycles. The van der Waals surface area contributed by atoms with Crippen LogP contribution in [0, 0.1) is 0 Å². The fraction of sp³-hybridized carbons (Fsp3) is 0.267. The second-order valence-corrected chi connectivity index (χ2v) is 5.05. The van der Waals surface area contributed by atoms with Crippen LogP contribution >= 0.6 is 0 Å². The fourth-order valence-electron chi connectivity index (χ4n) is 2.37. The van der Waals surface area contributed by atoms with Gasteiger partial charge < -0.3 is 14.8 Å². The molecule has 7 heteroatoms. The Bertz CT molecular complexity index is 783. The molecule has 1 saturated heterocycles. The average molecular weight is 297 g/mol. The predicted molar refractivity (Wildman–Crippen MR) is 78.9 cm³/mol. The smallest absolute Gasteiger partial charge is 0.206 e. The van der Waals surface area contributed by atoms with Crippen molar-refractivity contribution in [1.82, 2.24) is 19.6 Å². The molecule has 1 fully saturated rings. The second kappa shape index (κ2) is 5.36. The zero-order chi connectivity index (χ0) is 14.9. The highest BCUT2D eigenvalue weighted by Crippen LogP contribution is 2.31. The van der Waals surface area contributed by atoms with Crippen molar-refractivity contribution >= 4 is 11.5 Å².